The lowest BCUT2D eigenvalue weighted by molar-refractivity contribution is -0.137. The van der Waals surface area contributed by atoms with Gasteiger partial charge in [0.1, 0.15) is 0 Å². The van der Waals surface area contributed by atoms with Crippen LogP contribution in [0.25, 0.3) is 0 Å². The Kier molecular flexibility index (Phi) is 5.70. The summed E-state index contributed by atoms with van der Waals surface area (Å²) >= 11 is 1.12. The molecule has 2 aromatic rings. The van der Waals surface area contributed by atoms with Gasteiger partial charge in [0.15, 0.2) is 0 Å². The van der Waals surface area contributed by atoms with Crippen LogP contribution >= 0.6 is 11.3 Å². The number of carboxylic acids is 1. The third-order valence-corrected chi connectivity index (χ3v) is 4.26. The maximum atomic E-state index is 12.0. The molecule has 2 rings (SSSR count). The second-order valence-corrected chi connectivity index (χ2v) is 6.01. The van der Waals surface area contributed by atoms with Crippen LogP contribution in [0.2, 0.25) is 0 Å². The Labute approximate surface area is 137 Å². The van der Waals surface area contributed by atoms with E-state index >= 15 is 0 Å². The standard InChI is InChI=1S/C16H18N2O4S/c1-11-10-23-16(22)18(11)8-7-14(19)17-13-4-2-3-12(9-13)5-6-15(20)21/h2-4,9-10H,5-8H2,1H3,(H,17,19)(H,20,21). The Morgan fingerprint density at radius 3 is 2.74 bits per heavy atom. The van der Waals surface area contributed by atoms with E-state index in [2.05, 4.69) is 5.32 Å². The first kappa shape index (κ1) is 17.0. The molecule has 2 N–H and O–H groups in total. The van der Waals surface area contributed by atoms with Crippen molar-refractivity contribution in [3.8, 4) is 0 Å². The molecule has 0 spiro atoms. The molecule has 7 heteroatoms. The van der Waals surface area contributed by atoms with Gasteiger partial charge < -0.3 is 15.0 Å². The Balaban J connectivity index is 1.91. The van der Waals surface area contributed by atoms with Crippen LogP contribution in [0.5, 0.6) is 0 Å². The average Bonchev–Trinajstić information content (AvgIpc) is 2.82. The monoisotopic (exact) mass is 334 g/mol. The minimum Gasteiger partial charge on any atom is -0.481 e. The smallest absolute Gasteiger partial charge is 0.307 e. The van der Waals surface area contributed by atoms with Crippen molar-refractivity contribution in [3.05, 3.63) is 50.6 Å². The van der Waals surface area contributed by atoms with Crippen LogP contribution in [-0.4, -0.2) is 21.6 Å². The number of nitrogens with one attached hydrogen (secondary N) is 1. The summed E-state index contributed by atoms with van der Waals surface area (Å²) in [6.45, 7) is 2.18. The maximum absolute atomic E-state index is 12.0. The molecule has 6 nitrogen and oxygen atoms in total. The summed E-state index contributed by atoms with van der Waals surface area (Å²) in [7, 11) is 0. The number of aromatic nitrogens is 1. The molecule has 1 aromatic carbocycles. The molecule has 1 aromatic heterocycles. The van der Waals surface area contributed by atoms with E-state index < -0.39 is 5.97 Å². The molecule has 1 amide bonds. The minimum absolute atomic E-state index is 0.0533. The highest BCUT2D eigenvalue weighted by Gasteiger charge is 2.07. The van der Waals surface area contributed by atoms with Gasteiger partial charge in [0.25, 0.3) is 0 Å². The molecule has 23 heavy (non-hydrogen) atoms. The predicted octanol–water partition coefficient (Wildman–Crippen LogP) is 2.26. The number of hydrogen-bond donors (Lipinski definition) is 2. The summed E-state index contributed by atoms with van der Waals surface area (Å²) in [5, 5.41) is 13.2. The number of aliphatic carboxylic acids is 1. The van der Waals surface area contributed by atoms with E-state index in [-0.39, 0.29) is 23.6 Å². The van der Waals surface area contributed by atoms with Gasteiger partial charge in [-0.15, -0.1) is 0 Å². The largest absolute Gasteiger partial charge is 0.481 e. The zero-order valence-corrected chi connectivity index (χ0v) is 13.6. The molecule has 1 heterocycles. The van der Waals surface area contributed by atoms with Crippen LogP contribution in [0.15, 0.2) is 34.4 Å². The Morgan fingerprint density at radius 2 is 2.09 bits per heavy atom. The van der Waals surface area contributed by atoms with E-state index in [1.165, 1.54) is 0 Å². The molecule has 0 radical (unpaired) electrons. The highest BCUT2D eigenvalue weighted by molar-refractivity contribution is 7.07. The Bertz CT molecular complexity index is 763. The third-order valence-electron chi connectivity index (χ3n) is 3.38. The van der Waals surface area contributed by atoms with Gasteiger partial charge in [0, 0.05) is 36.1 Å². The van der Waals surface area contributed by atoms with Crippen molar-refractivity contribution in [1.82, 2.24) is 4.57 Å². The lowest BCUT2D eigenvalue weighted by Gasteiger charge is -2.08. The highest BCUT2D eigenvalue weighted by Crippen LogP contribution is 2.13. The van der Waals surface area contributed by atoms with Crippen LogP contribution < -0.4 is 10.2 Å². The molecule has 0 bridgehead atoms. The summed E-state index contributed by atoms with van der Waals surface area (Å²) in [6.07, 6.45) is 0.678. The summed E-state index contributed by atoms with van der Waals surface area (Å²) in [6, 6.07) is 7.13. The molecular weight excluding hydrogens is 316 g/mol. The number of anilines is 1. The zero-order chi connectivity index (χ0) is 16.8. The fourth-order valence-corrected chi connectivity index (χ4v) is 2.93. The molecule has 0 fully saturated rings. The van der Waals surface area contributed by atoms with Crippen molar-refractivity contribution in [1.29, 1.82) is 0 Å². The summed E-state index contributed by atoms with van der Waals surface area (Å²) in [5.41, 5.74) is 2.34. The van der Waals surface area contributed by atoms with Crippen LogP contribution in [0.4, 0.5) is 5.69 Å². The molecular formula is C16H18N2O4S. The van der Waals surface area contributed by atoms with Gasteiger partial charge in [-0.1, -0.05) is 23.5 Å². The first-order valence-electron chi connectivity index (χ1n) is 7.21. The Morgan fingerprint density at radius 1 is 1.30 bits per heavy atom. The van der Waals surface area contributed by atoms with E-state index in [1.807, 2.05) is 13.0 Å². The second-order valence-electron chi connectivity index (χ2n) is 5.19. The van der Waals surface area contributed by atoms with Gasteiger partial charge in [-0.3, -0.25) is 14.4 Å². The average molecular weight is 334 g/mol. The maximum Gasteiger partial charge on any atom is 0.307 e. The lowest BCUT2D eigenvalue weighted by atomic mass is 10.1. The molecule has 0 aliphatic carbocycles. The number of rotatable bonds is 7. The molecule has 0 saturated heterocycles. The summed E-state index contributed by atoms with van der Waals surface area (Å²) in [4.78, 5) is 34.1. The number of carboxylic acid groups (broad SMARTS) is 1. The van der Waals surface area contributed by atoms with Gasteiger partial charge in [-0.25, -0.2) is 0 Å². The molecule has 0 aliphatic heterocycles. The van der Waals surface area contributed by atoms with Gasteiger partial charge in [0.05, 0.1) is 0 Å². The van der Waals surface area contributed by atoms with E-state index in [0.717, 1.165) is 22.6 Å². The van der Waals surface area contributed by atoms with Crippen molar-refractivity contribution >= 4 is 28.9 Å². The van der Waals surface area contributed by atoms with E-state index in [1.54, 1.807) is 28.1 Å². The van der Waals surface area contributed by atoms with Crippen molar-refractivity contribution < 1.29 is 14.7 Å². The quantitative estimate of drug-likeness (QED) is 0.813. The van der Waals surface area contributed by atoms with Crippen LogP contribution in [0.3, 0.4) is 0 Å². The number of benzene rings is 1. The first-order valence-corrected chi connectivity index (χ1v) is 8.09. The van der Waals surface area contributed by atoms with Gasteiger partial charge in [0.2, 0.25) is 5.91 Å². The SMILES string of the molecule is Cc1csc(=O)n1CCC(=O)Nc1cccc(CCC(=O)O)c1. The van der Waals surface area contributed by atoms with Gasteiger partial charge in [-0.2, -0.15) is 0 Å². The highest BCUT2D eigenvalue weighted by atomic mass is 32.1. The fraction of sp³-hybridized carbons (Fsp3) is 0.312. The van der Waals surface area contributed by atoms with Crippen molar-refractivity contribution in [2.45, 2.75) is 32.7 Å². The summed E-state index contributed by atoms with van der Waals surface area (Å²) in [5.74, 6) is -1.03. The number of hydrogen-bond acceptors (Lipinski definition) is 4. The number of nitrogens with zero attached hydrogens (tertiary/aromatic N) is 1. The fourth-order valence-electron chi connectivity index (χ4n) is 2.17. The van der Waals surface area contributed by atoms with Gasteiger partial charge >= 0.3 is 10.8 Å². The number of amides is 1. The van der Waals surface area contributed by atoms with Crippen LogP contribution in [0.1, 0.15) is 24.1 Å². The van der Waals surface area contributed by atoms with E-state index in [4.69, 9.17) is 5.11 Å². The van der Waals surface area contributed by atoms with Crippen LogP contribution in [-0.2, 0) is 22.6 Å². The third kappa shape index (κ3) is 5.07. The number of carbonyl (C=O) groups excluding carboxylic acids is 1. The van der Waals surface area contributed by atoms with E-state index in [9.17, 15) is 14.4 Å². The molecule has 122 valence electrons. The van der Waals surface area contributed by atoms with Gasteiger partial charge in [-0.05, 0) is 31.0 Å². The second kappa shape index (κ2) is 7.73. The van der Waals surface area contributed by atoms with Crippen LogP contribution in [0, 0.1) is 6.92 Å². The topological polar surface area (TPSA) is 88.4 Å². The van der Waals surface area contributed by atoms with Crippen molar-refractivity contribution in [2.75, 3.05) is 5.32 Å². The minimum atomic E-state index is -0.851. The molecule has 0 saturated carbocycles. The number of carbonyl (C=O) groups is 2. The number of thiazole rings is 1. The first-order chi connectivity index (χ1) is 11.0. The van der Waals surface area contributed by atoms with Crippen molar-refractivity contribution in [3.63, 3.8) is 0 Å². The number of aryl methyl sites for hydroxylation is 2. The summed E-state index contributed by atoms with van der Waals surface area (Å²) < 4.78 is 1.58. The molecule has 0 unspecified atom stereocenters. The van der Waals surface area contributed by atoms with Crippen molar-refractivity contribution in [2.24, 2.45) is 0 Å². The Hall–Kier alpha value is -2.41. The molecule has 0 atom stereocenters. The normalized spacial score (nSPS) is 10.5. The predicted molar refractivity (Wildman–Crippen MR) is 89.0 cm³/mol. The molecule has 0 aliphatic rings. The van der Waals surface area contributed by atoms with E-state index in [0.29, 0.717) is 18.7 Å². The zero-order valence-electron chi connectivity index (χ0n) is 12.7. The lowest BCUT2D eigenvalue weighted by Crippen LogP contribution is -2.20.